The molecule has 0 aromatic heterocycles. The number of rotatable bonds is 9. The molecule has 1 unspecified atom stereocenters. The van der Waals surface area contributed by atoms with Crippen LogP contribution in [-0.4, -0.2) is 40.1 Å². The lowest BCUT2D eigenvalue weighted by Crippen LogP contribution is -2.48. The fourth-order valence-electron chi connectivity index (χ4n) is 1.61. The summed E-state index contributed by atoms with van der Waals surface area (Å²) >= 11 is 0. The zero-order valence-electron chi connectivity index (χ0n) is 11.3. The van der Waals surface area contributed by atoms with Gasteiger partial charge in [-0.2, -0.15) is 0 Å². The molecular weight excluding hydrogens is 252 g/mol. The number of carbonyl (C=O) groups is 3. The van der Waals surface area contributed by atoms with Crippen molar-refractivity contribution >= 4 is 17.8 Å². The molecular formula is C12H22N2O5. The standard InChI is InChI=1S/C12H22N2O5/c1-7(2)6-8(13)11(17)14-9(12(18)19)4-3-5-10(15)16/h7-9H,3-6,13H2,1-2H3,(H,14,17)(H,15,16)(H,18,19)/t8?,9-/m1/s1. The molecule has 2 atom stereocenters. The lowest BCUT2D eigenvalue weighted by molar-refractivity contribution is -0.143. The monoisotopic (exact) mass is 274 g/mol. The van der Waals surface area contributed by atoms with Crippen molar-refractivity contribution in [3.8, 4) is 0 Å². The van der Waals surface area contributed by atoms with Crippen LogP contribution in [0, 0.1) is 5.92 Å². The first-order chi connectivity index (χ1) is 8.73. The van der Waals surface area contributed by atoms with Gasteiger partial charge in [0, 0.05) is 6.42 Å². The molecule has 0 bridgehead atoms. The van der Waals surface area contributed by atoms with Crippen LogP contribution in [0.4, 0.5) is 0 Å². The van der Waals surface area contributed by atoms with Crippen molar-refractivity contribution in [1.29, 1.82) is 0 Å². The highest BCUT2D eigenvalue weighted by Gasteiger charge is 2.23. The van der Waals surface area contributed by atoms with Gasteiger partial charge in [-0.05, 0) is 25.2 Å². The van der Waals surface area contributed by atoms with E-state index >= 15 is 0 Å². The van der Waals surface area contributed by atoms with Crippen LogP contribution in [-0.2, 0) is 14.4 Å². The van der Waals surface area contributed by atoms with Crippen molar-refractivity contribution in [2.24, 2.45) is 11.7 Å². The zero-order valence-corrected chi connectivity index (χ0v) is 11.3. The number of nitrogens with two attached hydrogens (primary N) is 1. The van der Waals surface area contributed by atoms with Crippen molar-refractivity contribution in [2.45, 2.75) is 51.6 Å². The van der Waals surface area contributed by atoms with Gasteiger partial charge >= 0.3 is 11.9 Å². The van der Waals surface area contributed by atoms with E-state index in [1.165, 1.54) is 0 Å². The molecule has 0 aliphatic rings. The highest BCUT2D eigenvalue weighted by atomic mass is 16.4. The number of carbonyl (C=O) groups excluding carboxylic acids is 1. The van der Waals surface area contributed by atoms with E-state index in [1.54, 1.807) is 0 Å². The predicted octanol–water partition coefficient (Wildman–Crippen LogP) is 0.184. The number of carboxylic acid groups (broad SMARTS) is 2. The summed E-state index contributed by atoms with van der Waals surface area (Å²) in [4.78, 5) is 33.0. The van der Waals surface area contributed by atoms with Crippen LogP contribution in [0.1, 0.15) is 39.5 Å². The van der Waals surface area contributed by atoms with Crippen LogP contribution < -0.4 is 11.1 Å². The maximum Gasteiger partial charge on any atom is 0.326 e. The van der Waals surface area contributed by atoms with Crippen molar-refractivity contribution in [3.05, 3.63) is 0 Å². The van der Waals surface area contributed by atoms with Gasteiger partial charge in [0.1, 0.15) is 6.04 Å². The van der Waals surface area contributed by atoms with Gasteiger partial charge in [-0.1, -0.05) is 13.8 Å². The van der Waals surface area contributed by atoms with Gasteiger partial charge in [0.15, 0.2) is 0 Å². The minimum Gasteiger partial charge on any atom is -0.481 e. The van der Waals surface area contributed by atoms with Crippen molar-refractivity contribution in [2.75, 3.05) is 0 Å². The largest absolute Gasteiger partial charge is 0.481 e. The Morgan fingerprint density at radius 1 is 1.21 bits per heavy atom. The molecule has 0 saturated carbocycles. The quantitative estimate of drug-likeness (QED) is 0.474. The third kappa shape index (κ3) is 8.15. The van der Waals surface area contributed by atoms with Gasteiger partial charge in [0.05, 0.1) is 6.04 Å². The second-order valence-corrected chi connectivity index (χ2v) is 4.92. The summed E-state index contributed by atoms with van der Waals surface area (Å²) in [5, 5.41) is 19.8. The second kappa shape index (κ2) is 8.47. The average molecular weight is 274 g/mol. The van der Waals surface area contributed by atoms with E-state index < -0.39 is 29.9 Å². The topological polar surface area (TPSA) is 130 Å². The Labute approximate surface area is 112 Å². The van der Waals surface area contributed by atoms with Crippen molar-refractivity contribution in [3.63, 3.8) is 0 Å². The molecule has 0 saturated heterocycles. The Morgan fingerprint density at radius 3 is 2.21 bits per heavy atom. The molecule has 0 heterocycles. The molecule has 0 fully saturated rings. The Kier molecular flexibility index (Phi) is 7.74. The summed E-state index contributed by atoms with van der Waals surface area (Å²) in [7, 11) is 0. The van der Waals surface area contributed by atoms with Gasteiger partial charge in [-0.15, -0.1) is 0 Å². The van der Waals surface area contributed by atoms with Crippen LogP contribution >= 0.6 is 0 Å². The number of nitrogens with one attached hydrogen (secondary N) is 1. The molecule has 110 valence electrons. The highest BCUT2D eigenvalue weighted by molar-refractivity contribution is 5.86. The summed E-state index contributed by atoms with van der Waals surface area (Å²) in [6.45, 7) is 3.82. The van der Waals surface area contributed by atoms with Gasteiger partial charge in [0.2, 0.25) is 5.91 Å². The fourth-order valence-corrected chi connectivity index (χ4v) is 1.61. The fraction of sp³-hybridized carbons (Fsp3) is 0.750. The average Bonchev–Trinajstić information content (AvgIpc) is 2.25. The third-order valence-corrected chi connectivity index (χ3v) is 2.56. The lowest BCUT2D eigenvalue weighted by atomic mass is 10.0. The molecule has 5 N–H and O–H groups in total. The maximum atomic E-state index is 11.7. The molecule has 19 heavy (non-hydrogen) atoms. The second-order valence-electron chi connectivity index (χ2n) is 4.92. The molecule has 0 rings (SSSR count). The van der Waals surface area contributed by atoms with Gasteiger partial charge in [-0.25, -0.2) is 4.79 Å². The van der Waals surface area contributed by atoms with Crippen molar-refractivity contribution < 1.29 is 24.6 Å². The predicted molar refractivity (Wildman–Crippen MR) is 68.5 cm³/mol. The number of amides is 1. The molecule has 0 aliphatic carbocycles. The molecule has 1 amide bonds. The van der Waals surface area contributed by atoms with Crippen molar-refractivity contribution in [1.82, 2.24) is 5.32 Å². The summed E-state index contributed by atoms with van der Waals surface area (Å²) in [5.74, 6) is -2.46. The number of aliphatic carboxylic acids is 2. The van der Waals surface area contributed by atoms with Crippen LogP contribution in [0.2, 0.25) is 0 Å². The van der Waals surface area contributed by atoms with Gasteiger partial charge in [-0.3, -0.25) is 9.59 Å². The number of carboxylic acids is 2. The summed E-state index contributed by atoms with van der Waals surface area (Å²) < 4.78 is 0. The van der Waals surface area contributed by atoms with E-state index in [4.69, 9.17) is 15.9 Å². The number of hydrogen-bond acceptors (Lipinski definition) is 4. The van der Waals surface area contributed by atoms with Crippen LogP contribution in [0.5, 0.6) is 0 Å². The smallest absolute Gasteiger partial charge is 0.326 e. The molecule has 7 nitrogen and oxygen atoms in total. The molecule has 0 aromatic carbocycles. The molecule has 0 spiro atoms. The summed E-state index contributed by atoms with van der Waals surface area (Å²) in [6, 6.07) is -1.84. The summed E-state index contributed by atoms with van der Waals surface area (Å²) in [5.41, 5.74) is 5.64. The normalized spacial score (nSPS) is 13.9. The minimum absolute atomic E-state index is 0.0712. The molecule has 0 radical (unpaired) electrons. The Morgan fingerprint density at radius 2 is 1.79 bits per heavy atom. The highest BCUT2D eigenvalue weighted by Crippen LogP contribution is 2.05. The van der Waals surface area contributed by atoms with E-state index in [0.29, 0.717) is 6.42 Å². The van der Waals surface area contributed by atoms with Crippen LogP contribution in [0.3, 0.4) is 0 Å². The SMILES string of the molecule is CC(C)CC(N)C(=O)N[C@H](CCCC(=O)O)C(=O)O. The Hall–Kier alpha value is -1.63. The molecule has 0 aromatic rings. The van der Waals surface area contributed by atoms with Gasteiger partial charge < -0.3 is 21.3 Å². The molecule has 0 aliphatic heterocycles. The Balaban J connectivity index is 4.29. The first kappa shape index (κ1) is 17.4. The first-order valence-electron chi connectivity index (χ1n) is 6.24. The van der Waals surface area contributed by atoms with E-state index in [-0.39, 0.29) is 25.2 Å². The lowest BCUT2D eigenvalue weighted by Gasteiger charge is -2.18. The Bertz CT molecular complexity index is 330. The minimum atomic E-state index is -1.18. The summed E-state index contributed by atoms with van der Waals surface area (Å²) in [6.07, 6.45) is 0.596. The van der Waals surface area contributed by atoms with E-state index in [2.05, 4.69) is 5.32 Å². The molecule has 7 heteroatoms. The van der Waals surface area contributed by atoms with E-state index in [9.17, 15) is 14.4 Å². The van der Waals surface area contributed by atoms with Gasteiger partial charge in [0.25, 0.3) is 0 Å². The first-order valence-corrected chi connectivity index (χ1v) is 6.24. The van der Waals surface area contributed by atoms with E-state index in [0.717, 1.165) is 0 Å². The van der Waals surface area contributed by atoms with Crippen LogP contribution in [0.25, 0.3) is 0 Å². The maximum absolute atomic E-state index is 11.7. The third-order valence-electron chi connectivity index (χ3n) is 2.56. The zero-order chi connectivity index (χ0) is 15.0. The van der Waals surface area contributed by atoms with Crippen LogP contribution in [0.15, 0.2) is 0 Å². The van der Waals surface area contributed by atoms with E-state index in [1.807, 2.05) is 13.8 Å². The number of hydrogen-bond donors (Lipinski definition) is 4.